The van der Waals surface area contributed by atoms with Crippen molar-refractivity contribution in [2.45, 2.75) is 38.0 Å². The van der Waals surface area contributed by atoms with Gasteiger partial charge >= 0.3 is 12.0 Å². The molecule has 0 aromatic heterocycles. The maximum atomic E-state index is 12.5. The lowest BCUT2D eigenvalue weighted by Crippen LogP contribution is -2.55. The number of rotatable bonds is 2. The van der Waals surface area contributed by atoms with Crippen LogP contribution in [0.2, 0.25) is 0 Å². The fourth-order valence-electron chi connectivity index (χ4n) is 2.67. The third-order valence-corrected chi connectivity index (χ3v) is 3.75. The van der Waals surface area contributed by atoms with Gasteiger partial charge in [0, 0.05) is 19.5 Å². The highest BCUT2D eigenvalue weighted by Gasteiger charge is 2.42. The molecule has 2 aliphatic heterocycles. The largest absolute Gasteiger partial charge is 0.480 e. The number of β-amino-alcohol motifs (C(OH)–C–C–N with tert-alkyl or cyclic N) is 1. The zero-order valence-corrected chi connectivity index (χ0v) is 11.0. The molecule has 108 valence electrons. The van der Waals surface area contributed by atoms with Crippen molar-refractivity contribution in [3.8, 4) is 0 Å². The topological polar surface area (TPSA) is 90.3 Å². The van der Waals surface area contributed by atoms with Gasteiger partial charge in [-0.15, -0.1) is 0 Å². The zero-order chi connectivity index (χ0) is 14.0. The van der Waals surface area contributed by atoms with Gasteiger partial charge in [0.05, 0.1) is 25.4 Å². The smallest absolute Gasteiger partial charge is 0.326 e. The average molecular weight is 272 g/mol. The first-order valence-corrected chi connectivity index (χ1v) is 6.60. The average Bonchev–Trinajstić information content (AvgIpc) is 2.80. The van der Waals surface area contributed by atoms with Crippen LogP contribution >= 0.6 is 0 Å². The first kappa shape index (κ1) is 14.1. The minimum atomic E-state index is -1.06. The van der Waals surface area contributed by atoms with Crippen molar-refractivity contribution in [2.24, 2.45) is 0 Å². The fraction of sp³-hybridized carbons (Fsp3) is 0.833. The predicted octanol–water partition coefficient (Wildman–Crippen LogP) is -0.263. The standard InChI is InChI=1S/C12H20N2O5/c1-2-8-7-19-4-3-13(8)12(18)14-6-9(15)5-10(14)11(16)17/h8-10,15H,2-7H2,1H3,(H,16,17)/t8?,9-,10-/m1/s1. The molecule has 2 amide bonds. The monoisotopic (exact) mass is 272 g/mol. The number of morpholine rings is 1. The van der Waals surface area contributed by atoms with Crippen LogP contribution in [0.4, 0.5) is 4.79 Å². The Kier molecular flexibility index (Phi) is 4.26. The second kappa shape index (κ2) is 5.75. The van der Waals surface area contributed by atoms with Crippen molar-refractivity contribution in [1.82, 2.24) is 9.80 Å². The van der Waals surface area contributed by atoms with E-state index < -0.39 is 18.1 Å². The van der Waals surface area contributed by atoms with E-state index in [4.69, 9.17) is 9.84 Å². The Morgan fingerprint density at radius 3 is 2.74 bits per heavy atom. The summed E-state index contributed by atoms with van der Waals surface area (Å²) in [4.78, 5) is 26.5. The minimum Gasteiger partial charge on any atom is -0.480 e. The maximum Gasteiger partial charge on any atom is 0.326 e. The Morgan fingerprint density at radius 2 is 2.11 bits per heavy atom. The molecule has 2 heterocycles. The number of hydrogen-bond acceptors (Lipinski definition) is 4. The first-order chi connectivity index (χ1) is 9.04. The van der Waals surface area contributed by atoms with Gasteiger partial charge < -0.3 is 24.7 Å². The number of carboxylic acid groups (broad SMARTS) is 1. The van der Waals surface area contributed by atoms with Gasteiger partial charge in [-0.25, -0.2) is 9.59 Å². The van der Waals surface area contributed by atoms with Crippen LogP contribution in [0.1, 0.15) is 19.8 Å². The summed E-state index contributed by atoms with van der Waals surface area (Å²) < 4.78 is 5.33. The van der Waals surface area contributed by atoms with E-state index in [1.54, 1.807) is 4.90 Å². The van der Waals surface area contributed by atoms with Crippen LogP contribution in [0.3, 0.4) is 0 Å². The lowest BCUT2D eigenvalue weighted by atomic mass is 10.2. The van der Waals surface area contributed by atoms with Gasteiger partial charge in [0.2, 0.25) is 0 Å². The number of aliphatic hydroxyl groups is 1. The maximum absolute atomic E-state index is 12.5. The fourth-order valence-corrected chi connectivity index (χ4v) is 2.67. The Bertz CT molecular complexity index is 362. The lowest BCUT2D eigenvalue weighted by Gasteiger charge is -2.38. The summed E-state index contributed by atoms with van der Waals surface area (Å²) in [6, 6.07) is -1.25. The Hall–Kier alpha value is -1.34. The summed E-state index contributed by atoms with van der Waals surface area (Å²) in [6.45, 7) is 3.47. The van der Waals surface area contributed by atoms with E-state index in [9.17, 15) is 14.7 Å². The van der Waals surface area contributed by atoms with Crippen LogP contribution in [0.25, 0.3) is 0 Å². The normalized spacial score (nSPS) is 31.6. The van der Waals surface area contributed by atoms with Crippen LogP contribution in [-0.4, -0.2) is 76.5 Å². The lowest BCUT2D eigenvalue weighted by molar-refractivity contribution is -0.141. The zero-order valence-electron chi connectivity index (χ0n) is 11.0. The first-order valence-electron chi connectivity index (χ1n) is 6.60. The van der Waals surface area contributed by atoms with Gasteiger partial charge in [0.15, 0.2) is 0 Å². The molecule has 0 aromatic carbocycles. The molecule has 2 N–H and O–H groups in total. The number of nitrogens with zero attached hydrogens (tertiary/aromatic N) is 2. The van der Waals surface area contributed by atoms with E-state index >= 15 is 0 Å². The number of carboxylic acids is 1. The third kappa shape index (κ3) is 2.82. The highest BCUT2D eigenvalue weighted by molar-refractivity contribution is 5.83. The Labute approximate surface area is 111 Å². The number of aliphatic hydroxyl groups excluding tert-OH is 1. The molecule has 19 heavy (non-hydrogen) atoms. The van der Waals surface area contributed by atoms with E-state index in [-0.39, 0.29) is 25.0 Å². The molecule has 0 aromatic rings. The molecule has 2 fully saturated rings. The molecular weight excluding hydrogens is 252 g/mol. The molecule has 0 radical (unpaired) electrons. The molecule has 2 rings (SSSR count). The predicted molar refractivity (Wildman–Crippen MR) is 65.8 cm³/mol. The summed E-state index contributed by atoms with van der Waals surface area (Å²) in [5.41, 5.74) is 0. The summed E-state index contributed by atoms with van der Waals surface area (Å²) >= 11 is 0. The van der Waals surface area contributed by atoms with Crippen LogP contribution in [0.5, 0.6) is 0 Å². The summed E-state index contributed by atoms with van der Waals surface area (Å²) in [6.07, 6.45) is 0.105. The van der Waals surface area contributed by atoms with Crippen LogP contribution in [0.15, 0.2) is 0 Å². The highest BCUT2D eigenvalue weighted by atomic mass is 16.5. The van der Waals surface area contributed by atoms with Crippen molar-refractivity contribution >= 4 is 12.0 Å². The van der Waals surface area contributed by atoms with Gasteiger partial charge in [-0.1, -0.05) is 6.92 Å². The number of urea groups is 1. The number of hydrogen-bond donors (Lipinski definition) is 2. The summed E-state index contributed by atoms with van der Waals surface area (Å²) in [5, 5.41) is 18.7. The van der Waals surface area contributed by atoms with E-state index in [1.807, 2.05) is 6.92 Å². The van der Waals surface area contributed by atoms with Crippen molar-refractivity contribution in [3.63, 3.8) is 0 Å². The second-order valence-electron chi connectivity index (χ2n) is 5.01. The molecule has 7 heteroatoms. The van der Waals surface area contributed by atoms with Gasteiger partial charge in [-0.05, 0) is 6.42 Å². The molecule has 2 aliphatic rings. The molecule has 1 unspecified atom stereocenters. The molecule has 7 nitrogen and oxygen atoms in total. The molecular formula is C12H20N2O5. The second-order valence-corrected chi connectivity index (χ2v) is 5.01. The minimum absolute atomic E-state index is 0.0200. The van der Waals surface area contributed by atoms with E-state index in [2.05, 4.69) is 0 Å². The van der Waals surface area contributed by atoms with E-state index in [0.717, 1.165) is 6.42 Å². The van der Waals surface area contributed by atoms with Crippen molar-refractivity contribution in [3.05, 3.63) is 0 Å². The van der Waals surface area contributed by atoms with Crippen LogP contribution in [-0.2, 0) is 9.53 Å². The van der Waals surface area contributed by atoms with Crippen molar-refractivity contribution in [2.75, 3.05) is 26.3 Å². The van der Waals surface area contributed by atoms with E-state index in [0.29, 0.717) is 19.8 Å². The van der Waals surface area contributed by atoms with Crippen LogP contribution in [0, 0.1) is 0 Å². The Balaban J connectivity index is 2.11. The van der Waals surface area contributed by atoms with Crippen molar-refractivity contribution < 1.29 is 24.5 Å². The molecule has 0 bridgehead atoms. The number of likely N-dealkylation sites (tertiary alicyclic amines) is 1. The quantitative estimate of drug-likeness (QED) is 0.722. The third-order valence-electron chi connectivity index (χ3n) is 3.75. The molecule has 0 aliphatic carbocycles. The number of ether oxygens (including phenoxy) is 1. The van der Waals surface area contributed by atoms with Crippen LogP contribution < -0.4 is 0 Å². The molecule has 0 spiro atoms. The molecule has 0 saturated carbocycles. The summed E-state index contributed by atoms with van der Waals surface area (Å²) in [7, 11) is 0. The van der Waals surface area contributed by atoms with Gasteiger partial charge in [-0.2, -0.15) is 0 Å². The summed E-state index contributed by atoms with van der Waals surface area (Å²) in [5.74, 6) is -1.06. The van der Waals surface area contributed by atoms with E-state index in [1.165, 1.54) is 4.90 Å². The SMILES string of the molecule is CCC1COCCN1C(=O)N1C[C@H](O)C[C@@H]1C(=O)O. The number of amides is 2. The highest BCUT2D eigenvalue weighted by Crippen LogP contribution is 2.22. The van der Waals surface area contributed by atoms with Gasteiger partial charge in [0.1, 0.15) is 6.04 Å². The van der Waals surface area contributed by atoms with Gasteiger partial charge in [-0.3, -0.25) is 0 Å². The Morgan fingerprint density at radius 1 is 1.37 bits per heavy atom. The number of carbonyl (C=O) groups excluding carboxylic acids is 1. The number of carbonyl (C=O) groups is 2. The molecule has 2 saturated heterocycles. The van der Waals surface area contributed by atoms with Gasteiger partial charge in [0.25, 0.3) is 0 Å². The number of aliphatic carboxylic acids is 1. The van der Waals surface area contributed by atoms with Crippen molar-refractivity contribution in [1.29, 1.82) is 0 Å². The molecule has 3 atom stereocenters.